The van der Waals surface area contributed by atoms with E-state index < -0.39 is 0 Å². The number of likely N-dealkylation sites (tertiary alicyclic amines) is 1. The number of thiophene rings is 1. The van der Waals surface area contributed by atoms with Crippen molar-refractivity contribution in [2.75, 3.05) is 32.9 Å². The first kappa shape index (κ1) is 22.1. The summed E-state index contributed by atoms with van der Waals surface area (Å²) in [4.78, 5) is 8.37. The van der Waals surface area contributed by atoms with Gasteiger partial charge < -0.3 is 10.6 Å². The summed E-state index contributed by atoms with van der Waals surface area (Å²) < 4.78 is 13.5. The fourth-order valence-corrected chi connectivity index (χ4v) is 5.11. The molecule has 0 saturated carbocycles. The Morgan fingerprint density at radius 2 is 2.21 bits per heavy atom. The summed E-state index contributed by atoms with van der Waals surface area (Å²) in [6.07, 6.45) is 4.53. The molecule has 0 spiro atoms. The molecule has 1 aliphatic rings. The molecular formula is C22H31FN4S2. The van der Waals surface area contributed by atoms with Crippen molar-refractivity contribution in [3.8, 4) is 0 Å². The Balaban J connectivity index is 1.47. The molecular weight excluding hydrogens is 403 g/mol. The first-order valence-electron chi connectivity index (χ1n) is 10.1. The molecule has 2 N–H and O–H groups in total. The van der Waals surface area contributed by atoms with Gasteiger partial charge in [-0.2, -0.15) is 11.8 Å². The highest BCUT2D eigenvalue weighted by Gasteiger charge is 2.20. The van der Waals surface area contributed by atoms with Gasteiger partial charge in [0, 0.05) is 43.9 Å². The number of hydrogen-bond donors (Lipinski definition) is 2. The third-order valence-electron chi connectivity index (χ3n) is 5.26. The number of piperidine rings is 1. The van der Waals surface area contributed by atoms with Crippen LogP contribution in [0.3, 0.4) is 0 Å². The molecule has 1 aromatic carbocycles. The Labute approximate surface area is 182 Å². The van der Waals surface area contributed by atoms with E-state index in [4.69, 9.17) is 0 Å². The van der Waals surface area contributed by atoms with Gasteiger partial charge in [-0.15, -0.1) is 11.3 Å². The van der Waals surface area contributed by atoms with E-state index in [9.17, 15) is 4.39 Å². The van der Waals surface area contributed by atoms with Gasteiger partial charge in [-0.05, 0) is 66.3 Å². The summed E-state index contributed by atoms with van der Waals surface area (Å²) in [6.45, 7) is 4.93. The van der Waals surface area contributed by atoms with E-state index in [0.29, 0.717) is 12.5 Å². The van der Waals surface area contributed by atoms with Crippen LogP contribution >= 0.6 is 23.1 Å². The van der Waals surface area contributed by atoms with Gasteiger partial charge in [-0.3, -0.25) is 9.89 Å². The number of benzene rings is 1. The highest BCUT2D eigenvalue weighted by molar-refractivity contribution is 7.97. The van der Waals surface area contributed by atoms with Crippen molar-refractivity contribution in [1.82, 2.24) is 15.5 Å². The first-order valence-corrected chi connectivity index (χ1v) is 12.4. The lowest BCUT2D eigenvalue weighted by atomic mass is 9.98. The van der Waals surface area contributed by atoms with Crippen molar-refractivity contribution in [3.63, 3.8) is 0 Å². The van der Waals surface area contributed by atoms with Gasteiger partial charge in [0.1, 0.15) is 5.82 Å². The second kappa shape index (κ2) is 11.6. The molecule has 1 fully saturated rings. The predicted molar refractivity (Wildman–Crippen MR) is 124 cm³/mol. The van der Waals surface area contributed by atoms with E-state index in [1.54, 1.807) is 24.9 Å². The maximum absolute atomic E-state index is 13.5. The van der Waals surface area contributed by atoms with Crippen molar-refractivity contribution in [1.29, 1.82) is 0 Å². The summed E-state index contributed by atoms with van der Waals surface area (Å²) in [5.41, 5.74) is 2.15. The van der Waals surface area contributed by atoms with Crippen LogP contribution in [0.5, 0.6) is 0 Å². The van der Waals surface area contributed by atoms with Gasteiger partial charge in [0.2, 0.25) is 0 Å². The van der Waals surface area contributed by atoms with Gasteiger partial charge in [-0.25, -0.2) is 4.39 Å². The Bertz CT molecular complexity index is 779. The Morgan fingerprint density at radius 1 is 1.31 bits per heavy atom. The quantitative estimate of drug-likeness (QED) is 0.479. The molecule has 0 radical (unpaired) electrons. The molecule has 0 aliphatic carbocycles. The minimum absolute atomic E-state index is 0.176. The van der Waals surface area contributed by atoms with Crippen molar-refractivity contribution in [2.45, 2.75) is 31.7 Å². The normalized spacial score (nSPS) is 18.0. The summed E-state index contributed by atoms with van der Waals surface area (Å²) in [5, 5.41) is 9.03. The number of hydrogen-bond acceptors (Lipinski definition) is 4. The number of nitrogens with one attached hydrogen (secondary N) is 2. The van der Waals surface area contributed by atoms with Crippen LogP contribution in [0, 0.1) is 11.7 Å². The molecule has 1 aliphatic heterocycles. The highest BCUT2D eigenvalue weighted by Crippen LogP contribution is 2.20. The number of rotatable bonds is 8. The maximum atomic E-state index is 13.5. The Kier molecular flexibility index (Phi) is 8.83. The van der Waals surface area contributed by atoms with E-state index in [1.165, 1.54) is 30.3 Å². The zero-order valence-electron chi connectivity index (χ0n) is 17.3. The second-order valence-corrected chi connectivity index (χ2v) is 9.37. The standard InChI is InChI=1S/C22H31FN4S2/c1-24-22(26-13-18-7-8-20(23)11-19(18)16-28-2)25-12-17-5-3-9-27(14-17)15-21-6-4-10-29-21/h4,6-8,10-11,17H,3,5,9,12-16H2,1-2H3,(H2,24,25,26). The predicted octanol–water partition coefficient (Wildman–Crippen LogP) is 4.33. The molecule has 1 saturated heterocycles. The average Bonchev–Trinajstić information content (AvgIpc) is 3.23. The van der Waals surface area contributed by atoms with E-state index in [1.807, 2.05) is 23.7 Å². The number of thioether (sulfide) groups is 1. The Hall–Kier alpha value is -1.57. The van der Waals surface area contributed by atoms with Crippen LogP contribution in [0.2, 0.25) is 0 Å². The molecule has 0 amide bonds. The molecule has 3 rings (SSSR count). The zero-order valence-corrected chi connectivity index (χ0v) is 18.9. The highest BCUT2D eigenvalue weighted by atomic mass is 32.2. The minimum atomic E-state index is -0.176. The molecule has 2 aromatic rings. The molecule has 4 nitrogen and oxygen atoms in total. The van der Waals surface area contributed by atoms with Gasteiger partial charge in [0.15, 0.2) is 5.96 Å². The topological polar surface area (TPSA) is 39.7 Å². The minimum Gasteiger partial charge on any atom is -0.356 e. The molecule has 2 heterocycles. The van der Waals surface area contributed by atoms with Crippen molar-refractivity contribution < 1.29 is 4.39 Å². The largest absolute Gasteiger partial charge is 0.356 e. The molecule has 1 atom stereocenters. The maximum Gasteiger partial charge on any atom is 0.191 e. The molecule has 0 bridgehead atoms. The number of halogens is 1. The SMILES string of the molecule is CN=C(NCc1ccc(F)cc1CSC)NCC1CCCN(Cc2cccs2)C1. The lowest BCUT2D eigenvalue weighted by Gasteiger charge is -2.32. The summed E-state index contributed by atoms with van der Waals surface area (Å²) >= 11 is 3.54. The van der Waals surface area contributed by atoms with Gasteiger partial charge in [0.05, 0.1) is 0 Å². The smallest absolute Gasteiger partial charge is 0.191 e. The summed E-state index contributed by atoms with van der Waals surface area (Å²) in [5.74, 6) is 2.06. The number of aliphatic imine (C=N–C) groups is 1. The van der Waals surface area contributed by atoms with Crippen LogP contribution in [0.4, 0.5) is 4.39 Å². The third kappa shape index (κ3) is 7.01. The van der Waals surface area contributed by atoms with Crippen molar-refractivity contribution in [2.24, 2.45) is 10.9 Å². The van der Waals surface area contributed by atoms with Gasteiger partial charge >= 0.3 is 0 Å². The monoisotopic (exact) mass is 434 g/mol. The van der Waals surface area contributed by atoms with Crippen LogP contribution < -0.4 is 10.6 Å². The molecule has 7 heteroatoms. The van der Waals surface area contributed by atoms with Crippen molar-refractivity contribution >= 4 is 29.1 Å². The first-order chi connectivity index (χ1) is 14.2. The lowest BCUT2D eigenvalue weighted by Crippen LogP contribution is -2.44. The second-order valence-electron chi connectivity index (χ2n) is 7.48. The average molecular weight is 435 g/mol. The summed E-state index contributed by atoms with van der Waals surface area (Å²) in [6, 6.07) is 9.38. The third-order valence-corrected chi connectivity index (χ3v) is 6.72. The van der Waals surface area contributed by atoms with E-state index in [0.717, 1.165) is 42.5 Å². The Morgan fingerprint density at radius 3 is 2.97 bits per heavy atom. The van der Waals surface area contributed by atoms with E-state index in [-0.39, 0.29) is 5.82 Å². The molecule has 1 unspecified atom stereocenters. The summed E-state index contributed by atoms with van der Waals surface area (Å²) in [7, 11) is 1.80. The zero-order chi connectivity index (χ0) is 20.5. The van der Waals surface area contributed by atoms with E-state index >= 15 is 0 Å². The molecule has 29 heavy (non-hydrogen) atoms. The van der Waals surface area contributed by atoms with Crippen molar-refractivity contribution in [3.05, 3.63) is 57.5 Å². The fraction of sp³-hybridized carbons (Fsp3) is 0.500. The van der Waals surface area contributed by atoms with Crippen LogP contribution in [-0.2, 0) is 18.8 Å². The number of nitrogens with zero attached hydrogens (tertiary/aromatic N) is 2. The molecule has 1 aromatic heterocycles. The lowest BCUT2D eigenvalue weighted by molar-refractivity contribution is 0.169. The molecule has 158 valence electrons. The van der Waals surface area contributed by atoms with E-state index in [2.05, 4.69) is 38.0 Å². The van der Waals surface area contributed by atoms with Crippen LogP contribution in [0.25, 0.3) is 0 Å². The van der Waals surface area contributed by atoms with Crippen LogP contribution in [0.1, 0.15) is 28.8 Å². The fourth-order valence-electron chi connectivity index (χ4n) is 3.78. The number of guanidine groups is 1. The van der Waals surface area contributed by atoms with Crippen LogP contribution in [-0.4, -0.2) is 43.8 Å². The van der Waals surface area contributed by atoms with Gasteiger partial charge in [-0.1, -0.05) is 12.1 Å². The van der Waals surface area contributed by atoms with Gasteiger partial charge in [0.25, 0.3) is 0 Å². The van der Waals surface area contributed by atoms with Crippen LogP contribution in [0.15, 0.2) is 40.7 Å².